The van der Waals surface area contributed by atoms with Gasteiger partial charge in [0.05, 0.1) is 11.1 Å². The van der Waals surface area contributed by atoms with Gasteiger partial charge in [-0.25, -0.2) is 10.1 Å². The van der Waals surface area contributed by atoms with Crippen LogP contribution in [0.5, 0.6) is 0 Å². The predicted molar refractivity (Wildman–Crippen MR) is 124 cm³/mol. The van der Waals surface area contributed by atoms with Gasteiger partial charge in [-0.1, -0.05) is 65.9 Å². The molecule has 2 aromatic carbocycles. The Labute approximate surface area is 191 Å². The first-order chi connectivity index (χ1) is 16.2. The summed E-state index contributed by atoms with van der Waals surface area (Å²) < 4.78 is 5.98. The third-order valence-corrected chi connectivity index (χ3v) is 5.61. The van der Waals surface area contributed by atoms with E-state index < -0.39 is 5.91 Å². The van der Waals surface area contributed by atoms with Gasteiger partial charge in [0.2, 0.25) is 11.6 Å². The van der Waals surface area contributed by atoms with Gasteiger partial charge in [-0.05, 0) is 38.5 Å². The Morgan fingerprint density at radius 2 is 1.82 bits per heavy atom. The van der Waals surface area contributed by atoms with E-state index in [1.807, 2.05) is 72.1 Å². The molecular weight excluding hydrogens is 440 g/mol. The minimum absolute atomic E-state index is 0.0293. The van der Waals surface area contributed by atoms with Gasteiger partial charge in [0.25, 0.3) is 5.91 Å². The van der Waals surface area contributed by atoms with Crippen LogP contribution in [0.15, 0.2) is 81.8 Å². The molecule has 3 N–H and O–H groups in total. The Bertz CT molecular complexity index is 1410. The summed E-state index contributed by atoms with van der Waals surface area (Å²) in [7, 11) is 0. The molecule has 0 aliphatic carbocycles. The molecule has 33 heavy (non-hydrogen) atoms. The standard InChI is InChI=1S/C22H16N8O2S/c23-20-21(28-32-27-20)30-19(17-7-4-12-33-17)18(25-29-30)22(31)26-24-13-14-8-10-16(11-9-14)15-5-2-1-3-6-15/h1-13H,(H2,23,27)(H,26,31)/b24-13+. The van der Waals surface area contributed by atoms with Crippen LogP contribution in [0.25, 0.3) is 27.5 Å². The maximum absolute atomic E-state index is 12.8. The molecule has 5 aromatic rings. The topological polar surface area (TPSA) is 137 Å². The molecule has 0 spiro atoms. The number of hydrogen-bond donors (Lipinski definition) is 2. The lowest BCUT2D eigenvalue weighted by Gasteiger charge is -2.03. The molecule has 162 valence electrons. The number of hydrogen-bond acceptors (Lipinski definition) is 9. The highest BCUT2D eigenvalue weighted by Gasteiger charge is 2.25. The van der Waals surface area contributed by atoms with E-state index in [1.54, 1.807) is 6.21 Å². The van der Waals surface area contributed by atoms with E-state index in [4.69, 9.17) is 5.73 Å². The number of carbonyl (C=O) groups is 1. The van der Waals surface area contributed by atoms with E-state index in [-0.39, 0.29) is 17.3 Å². The molecule has 0 saturated carbocycles. The second-order valence-corrected chi connectivity index (χ2v) is 7.78. The Balaban J connectivity index is 1.36. The maximum atomic E-state index is 12.8. The van der Waals surface area contributed by atoms with Gasteiger partial charge < -0.3 is 5.73 Å². The van der Waals surface area contributed by atoms with Crippen molar-refractivity contribution in [3.05, 3.63) is 83.4 Å². The summed E-state index contributed by atoms with van der Waals surface area (Å²) in [6.07, 6.45) is 1.56. The van der Waals surface area contributed by atoms with Gasteiger partial charge in [0, 0.05) is 0 Å². The quantitative estimate of drug-likeness (QED) is 0.295. The summed E-state index contributed by atoms with van der Waals surface area (Å²) in [5.74, 6) is -0.356. The first kappa shape index (κ1) is 20.3. The predicted octanol–water partition coefficient (Wildman–Crippen LogP) is 3.39. The SMILES string of the molecule is Nc1nonc1-n1nnc(C(=O)N/N=C/c2ccc(-c3ccccc3)cc2)c1-c1cccs1. The van der Waals surface area contributed by atoms with Crippen LogP contribution in [0.3, 0.4) is 0 Å². The van der Waals surface area contributed by atoms with Gasteiger partial charge in [0.1, 0.15) is 5.69 Å². The number of carbonyl (C=O) groups excluding carboxylic acids is 1. The van der Waals surface area contributed by atoms with E-state index >= 15 is 0 Å². The number of nitrogen functional groups attached to an aromatic ring is 1. The van der Waals surface area contributed by atoms with Crippen LogP contribution in [0, 0.1) is 0 Å². The molecule has 0 aliphatic rings. The zero-order valence-electron chi connectivity index (χ0n) is 17.0. The zero-order valence-corrected chi connectivity index (χ0v) is 17.8. The summed E-state index contributed by atoms with van der Waals surface area (Å²) in [6, 6.07) is 21.6. The van der Waals surface area contributed by atoms with Gasteiger partial charge in [-0.3, -0.25) is 4.79 Å². The molecule has 1 amide bonds. The Morgan fingerprint density at radius 1 is 1.03 bits per heavy atom. The van der Waals surface area contributed by atoms with Crippen LogP contribution in [0.4, 0.5) is 5.82 Å². The Hall–Kier alpha value is -4.64. The zero-order chi connectivity index (χ0) is 22.6. The van der Waals surface area contributed by atoms with Crippen molar-refractivity contribution in [3.8, 4) is 27.5 Å². The van der Waals surface area contributed by atoms with Crippen molar-refractivity contribution in [1.29, 1.82) is 0 Å². The van der Waals surface area contributed by atoms with Crippen molar-refractivity contribution in [3.63, 3.8) is 0 Å². The van der Waals surface area contributed by atoms with E-state index in [1.165, 1.54) is 16.0 Å². The molecule has 3 heterocycles. The molecule has 0 fully saturated rings. The number of nitrogens with two attached hydrogens (primary N) is 1. The molecule has 0 unspecified atom stereocenters. The van der Waals surface area contributed by atoms with Crippen LogP contribution in [-0.2, 0) is 0 Å². The van der Waals surface area contributed by atoms with Gasteiger partial charge in [-0.15, -0.1) is 16.4 Å². The smallest absolute Gasteiger partial charge is 0.294 e. The number of aromatic nitrogens is 5. The third kappa shape index (κ3) is 4.12. The van der Waals surface area contributed by atoms with Crippen molar-refractivity contribution in [2.75, 3.05) is 5.73 Å². The molecule has 0 bridgehead atoms. The van der Waals surface area contributed by atoms with E-state index in [2.05, 4.69) is 35.8 Å². The first-order valence-corrected chi connectivity index (χ1v) is 10.7. The second kappa shape index (κ2) is 8.85. The number of amides is 1. The normalized spacial score (nSPS) is 11.2. The van der Waals surface area contributed by atoms with E-state index in [9.17, 15) is 4.79 Å². The fourth-order valence-electron chi connectivity index (χ4n) is 3.17. The summed E-state index contributed by atoms with van der Waals surface area (Å²) in [5, 5.41) is 21.3. The number of hydrazone groups is 1. The average Bonchev–Trinajstić information content (AvgIpc) is 3.60. The van der Waals surface area contributed by atoms with Gasteiger partial charge in [0.15, 0.2) is 5.69 Å². The summed E-state index contributed by atoms with van der Waals surface area (Å²) in [6.45, 7) is 0. The number of anilines is 1. The summed E-state index contributed by atoms with van der Waals surface area (Å²) >= 11 is 1.41. The van der Waals surface area contributed by atoms with Crippen LogP contribution in [0.1, 0.15) is 16.1 Å². The lowest BCUT2D eigenvalue weighted by Crippen LogP contribution is -2.19. The average molecular weight is 456 g/mol. The second-order valence-electron chi connectivity index (χ2n) is 6.84. The fourth-order valence-corrected chi connectivity index (χ4v) is 3.92. The minimum Gasteiger partial charge on any atom is -0.378 e. The third-order valence-electron chi connectivity index (χ3n) is 4.73. The summed E-state index contributed by atoms with van der Waals surface area (Å²) in [4.78, 5) is 13.6. The van der Waals surface area contributed by atoms with Crippen LogP contribution >= 0.6 is 11.3 Å². The molecule has 0 radical (unpaired) electrons. The molecule has 0 atom stereocenters. The largest absolute Gasteiger partial charge is 0.378 e. The lowest BCUT2D eigenvalue weighted by atomic mass is 10.0. The summed E-state index contributed by atoms with van der Waals surface area (Å²) in [5.41, 5.74) is 11.8. The number of nitrogens with one attached hydrogen (secondary N) is 1. The van der Waals surface area contributed by atoms with E-state index in [0.717, 1.165) is 21.6 Å². The molecule has 0 saturated heterocycles. The van der Waals surface area contributed by atoms with Gasteiger partial charge >= 0.3 is 0 Å². The minimum atomic E-state index is -0.531. The van der Waals surface area contributed by atoms with Gasteiger partial charge in [-0.2, -0.15) is 9.78 Å². The molecule has 5 rings (SSSR count). The number of rotatable bonds is 6. The van der Waals surface area contributed by atoms with Crippen molar-refractivity contribution < 1.29 is 9.42 Å². The number of thiophene rings is 1. The van der Waals surface area contributed by atoms with E-state index in [0.29, 0.717) is 5.69 Å². The Kier molecular flexibility index (Phi) is 5.43. The molecule has 11 heteroatoms. The molecule has 10 nitrogen and oxygen atoms in total. The molecule has 0 aliphatic heterocycles. The first-order valence-electron chi connectivity index (χ1n) is 9.77. The number of benzene rings is 2. The molecule has 3 aromatic heterocycles. The van der Waals surface area contributed by atoms with Crippen molar-refractivity contribution >= 4 is 29.3 Å². The van der Waals surface area contributed by atoms with Crippen LogP contribution < -0.4 is 11.2 Å². The molecular formula is C22H16N8O2S. The maximum Gasteiger partial charge on any atom is 0.294 e. The fraction of sp³-hybridized carbons (Fsp3) is 0. The van der Waals surface area contributed by atoms with Crippen molar-refractivity contribution in [1.82, 2.24) is 30.7 Å². The van der Waals surface area contributed by atoms with Crippen LogP contribution in [0.2, 0.25) is 0 Å². The Morgan fingerprint density at radius 3 is 2.52 bits per heavy atom. The lowest BCUT2D eigenvalue weighted by molar-refractivity contribution is 0.0951. The number of nitrogens with zero attached hydrogens (tertiary/aromatic N) is 6. The van der Waals surface area contributed by atoms with Crippen LogP contribution in [-0.4, -0.2) is 37.4 Å². The highest BCUT2D eigenvalue weighted by molar-refractivity contribution is 7.13. The van der Waals surface area contributed by atoms with Crippen molar-refractivity contribution in [2.24, 2.45) is 5.10 Å². The monoisotopic (exact) mass is 456 g/mol. The highest BCUT2D eigenvalue weighted by Crippen LogP contribution is 2.29. The highest BCUT2D eigenvalue weighted by atomic mass is 32.1. The van der Waals surface area contributed by atoms with Crippen molar-refractivity contribution in [2.45, 2.75) is 0 Å².